The van der Waals surface area contributed by atoms with Crippen LogP contribution >= 0.6 is 23.2 Å². The van der Waals surface area contributed by atoms with Crippen molar-refractivity contribution in [2.45, 2.75) is 38.6 Å². The van der Waals surface area contributed by atoms with E-state index in [-0.39, 0.29) is 34.5 Å². The number of hydrogen-bond donors (Lipinski definition) is 2. The second-order valence-corrected chi connectivity index (χ2v) is 9.63. The van der Waals surface area contributed by atoms with Crippen molar-refractivity contribution in [3.8, 4) is 5.88 Å². The summed E-state index contributed by atoms with van der Waals surface area (Å²) in [5, 5.41) is 6.38. The van der Waals surface area contributed by atoms with Gasteiger partial charge in [0.25, 0.3) is 5.91 Å². The van der Waals surface area contributed by atoms with Crippen LogP contribution in [0.2, 0.25) is 10.0 Å². The van der Waals surface area contributed by atoms with Crippen LogP contribution in [0.15, 0.2) is 18.2 Å². The third kappa shape index (κ3) is 5.79. The number of benzene rings is 1. The minimum absolute atomic E-state index is 0.112. The molecule has 188 valence electrons. The Bertz CT molecular complexity index is 1200. The average Bonchev–Trinajstić information content (AvgIpc) is 3.11. The lowest BCUT2D eigenvalue weighted by Crippen LogP contribution is -2.37. The summed E-state index contributed by atoms with van der Waals surface area (Å²) in [6.45, 7) is 2.82. The molecule has 2 N–H and O–H groups in total. The summed E-state index contributed by atoms with van der Waals surface area (Å²) in [6, 6.07) is 4.09. The van der Waals surface area contributed by atoms with Gasteiger partial charge in [-0.15, -0.1) is 0 Å². The van der Waals surface area contributed by atoms with E-state index in [1.54, 1.807) is 24.8 Å². The number of halogens is 3. The molecule has 0 spiro atoms. The van der Waals surface area contributed by atoms with Crippen LogP contribution in [0, 0.1) is 11.7 Å². The highest BCUT2D eigenvalue weighted by Gasteiger charge is 2.24. The lowest BCUT2D eigenvalue weighted by atomic mass is 9.87. The van der Waals surface area contributed by atoms with E-state index in [0.717, 1.165) is 37.8 Å². The summed E-state index contributed by atoms with van der Waals surface area (Å²) in [5.41, 5.74) is 1.58. The Morgan fingerprint density at radius 2 is 1.83 bits per heavy atom. The smallest absolute Gasteiger partial charge is 0.257 e. The van der Waals surface area contributed by atoms with Crippen molar-refractivity contribution in [2.24, 2.45) is 13.0 Å². The first kappa shape index (κ1) is 25.5. The van der Waals surface area contributed by atoms with Crippen LogP contribution in [0.1, 0.15) is 43.0 Å². The molecule has 0 atom stereocenters. The number of carbonyl (C=O) groups excluding carboxylic acids is 1. The van der Waals surface area contributed by atoms with Gasteiger partial charge in [0.1, 0.15) is 23.5 Å². The topological polar surface area (TPSA) is 90.3 Å². The molecule has 0 saturated heterocycles. The van der Waals surface area contributed by atoms with Crippen molar-refractivity contribution >= 4 is 51.9 Å². The third-order valence-corrected chi connectivity index (χ3v) is 6.77. The van der Waals surface area contributed by atoms with Gasteiger partial charge in [0.05, 0.1) is 22.3 Å². The van der Waals surface area contributed by atoms with E-state index >= 15 is 0 Å². The Kier molecular flexibility index (Phi) is 7.98. The largest absolute Gasteiger partial charge is 0.475 e. The van der Waals surface area contributed by atoms with Gasteiger partial charge in [0.15, 0.2) is 5.65 Å². The first-order valence-electron chi connectivity index (χ1n) is 11.5. The summed E-state index contributed by atoms with van der Waals surface area (Å²) in [6.07, 6.45) is 4.06. The Labute approximate surface area is 213 Å². The second kappa shape index (κ2) is 11.0. The average molecular weight is 524 g/mol. The van der Waals surface area contributed by atoms with Gasteiger partial charge >= 0.3 is 0 Å². The Morgan fingerprint density at radius 3 is 2.49 bits per heavy atom. The van der Waals surface area contributed by atoms with Gasteiger partial charge in [-0.05, 0) is 49.8 Å². The van der Waals surface area contributed by atoms with Crippen LogP contribution in [-0.4, -0.2) is 46.8 Å². The molecule has 11 heteroatoms. The third-order valence-electron chi connectivity index (χ3n) is 6.18. The van der Waals surface area contributed by atoms with Crippen molar-refractivity contribution in [1.82, 2.24) is 19.9 Å². The number of ether oxygens (including phenoxy) is 2. The minimum Gasteiger partial charge on any atom is -0.475 e. The fourth-order valence-corrected chi connectivity index (χ4v) is 4.70. The summed E-state index contributed by atoms with van der Waals surface area (Å²) in [4.78, 5) is 22.4. The molecule has 1 fully saturated rings. The highest BCUT2D eigenvalue weighted by atomic mass is 35.5. The molecule has 0 bridgehead atoms. The van der Waals surface area contributed by atoms with Crippen LogP contribution in [0.3, 0.4) is 0 Å². The zero-order valence-corrected chi connectivity index (χ0v) is 21.3. The van der Waals surface area contributed by atoms with Crippen LogP contribution in [0.4, 0.5) is 16.0 Å². The molecule has 1 aromatic carbocycles. The maximum absolute atomic E-state index is 13.6. The number of methoxy groups -OCH3 is 1. The summed E-state index contributed by atoms with van der Waals surface area (Å²) >= 11 is 12.4. The standard InChI is InChI=1S/C24H28Cl2FN5O3/c1-13-4-6-15(7-5-13)28-22(33)16-12-19-21(31-23(16)35-9-8-34-3)32(2)24(29-19)30-20-17(25)10-14(27)11-18(20)26/h10-13,15H,4-9H2,1-3H3,(H,28,33)(H,29,30)/t13-,15-. The van der Waals surface area contributed by atoms with Crippen molar-refractivity contribution in [3.05, 3.63) is 39.6 Å². The van der Waals surface area contributed by atoms with Crippen LogP contribution in [-0.2, 0) is 11.8 Å². The molecule has 1 saturated carbocycles. The van der Waals surface area contributed by atoms with Gasteiger partial charge in [-0.1, -0.05) is 30.1 Å². The van der Waals surface area contributed by atoms with Crippen molar-refractivity contribution in [2.75, 3.05) is 25.6 Å². The summed E-state index contributed by atoms with van der Waals surface area (Å²) in [7, 11) is 3.32. The van der Waals surface area contributed by atoms with E-state index < -0.39 is 5.82 Å². The molecule has 0 aliphatic heterocycles. The molecule has 4 rings (SSSR count). The highest BCUT2D eigenvalue weighted by Crippen LogP contribution is 2.34. The fraction of sp³-hybridized carbons (Fsp3) is 0.458. The zero-order valence-electron chi connectivity index (χ0n) is 19.8. The predicted molar refractivity (Wildman–Crippen MR) is 134 cm³/mol. The molecule has 1 aliphatic rings. The summed E-state index contributed by atoms with van der Waals surface area (Å²) in [5.74, 6) is 0.444. The predicted octanol–water partition coefficient (Wildman–Crippen LogP) is 5.49. The number of pyridine rings is 1. The number of rotatable bonds is 8. The second-order valence-electron chi connectivity index (χ2n) is 8.82. The van der Waals surface area contributed by atoms with E-state index in [0.29, 0.717) is 40.9 Å². The molecule has 35 heavy (non-hydrogen) atoms. The van der Waals surface area contributed by atoms with Gasteiger partial charge in [-0.2, -0.15) is 4.98 Å². The van der Waals surface area contributed by atoms with Crippen LogP contribution in [0.25, 0.3) is 11.2 Å². The Balaban J connectivity index is 1.67. The van der Waals surface area contributed by atoms with E-state index in [4.69, 9.17) is 32.7 Å². The van der Waals surface area contributed by atoms with E-state index in [1.165, 1.54) is 0 Å². The molecule has 1 aliphatic carbocycles. The van der Waals surface area contributed by atoms with Crippen molar-refractivity contribution in [1.29, 1.82) is 0 Å². The molecule has 8 nitrogen and oxygen atoms in total. The molecule has 2 heterocycles. The van der Waals surface area contributed by atoms with Gasteiger partial charge < -0.3 is 20.1 Å². The monoisotopic (exact) mass is 523 g/mol. The normalized spacial score (nSPS) is 18.0. The molecule has 1 amide bonds. The first-order valence-corrected chi connectivity index (χ1v) is 12.2. The number of aryl methyl sites for hydroxylation is 1. The van der Waals surface area contributed by atoms with Crippen molar-refractivity contribution in [3.63, 3.8) is 0 Å². The number of fused-ring (bicyclic) bond motifs is 1. The van der Waals surface area contributed by atoms with Gasteiger partial charge in [0.2, 0.25) is 11.8 Å². The molecule has 0 radical (unpaired) electrons. The van der Waals surface area contributed by atoms with E-state index in [2.05, 4.69) is 27.5 Å². The van der Waals surface area contributed by atoms with Crippen LogP contribution < -0.4 is 15.4 Å². The molecular formula is C24H28Cl2FN5O3. The number of hydrogen-bond acceptors (Lipinski definition) is 6. The molecular weight excluding hydrogens is 496 g/mol. The van der Waals surface area contributed by atoms with Gasteiger partial charge in [0, 0.05) is 20.2 Å². The van der Waals surface area contributed by atoms with E-state index in [9.17, 15) is 9.18 Å². The lowest BCUT2D eigenvalue weighted by Gasteiger charge is -2.27. The minimum atomic E-state index is -0.543. The van der Waals surface area contributed by atoms with E-state index in [1.807, 2.05) is 0 Å². The fourth-order valence-electron chi connectivity index (χ4n) is 4.14. The molecule has 2 aromatic heterocycles. The maximum Gasteiger partial charge on any atom is 0.257 e. The quantitative estimate of drug-likeness (QED) is 0.379. The maximum atomic E-state index is 13.6. The summed E-state index contributed by atoms with van der Waals surface area (Å²) < 4.78 is 26.1. The number of amides is 1. The first-order chi connectivity index (χ1) is 16.8. The zero-order chi connectivity index (χ0) is 25.1. The molecule has 0 unspecified atom stereocenters. The number of aromatic nitrogens is 3. The van der Waals surface area contributed by atoms with Gasteiger partial charge in [-0.25, -0.2) is 9.37 Å². The Morgan fingerprint density at radius 1 is 1.14 bits per heavy atom. The number of nitrogens with zero attached hydrogens (tertiary/aromatic N) is 3. The van der Waals surface area contributed by atoms with Gasteiger partial charge in [-0.3, -0.25) is 9.36 Å². The van der Waals surface area contributed by atoms with Crippen LogP contribution in [0.5, 0.6) is 5.88 Å². The molecule has 3 aromatic rings. The Hall–Kier alpha value is -2.62. The highest BCUT2D eigenvalue weighted by molar-refractivity contribution is 6.39. The lowest BCUT2D eigenvalue weighted by molar-refractivity contribution is 0.0914. The SMILES string of the molecule is COCCOc1nc2c(cc1C(=O)N[C@H]1CC[C@H](C)CC1)nc(Nc1c(Cl)cc(F)cc1Cl)n2C. The number of anilines is 2. The number of carbonyl (C=O) groups is 1. The number of imidazole rings is 1. The van der Waals surface area contributed by atoms with Crippen molar-refractivity contribution < 1.29 is 18.7 Å². The number of nitrogens with one attached hydrogen (secondary N) is 2.